The van der Waals surface area contributed by atoms with Crippen molar-refractivity contribution in [3.63, 3.8) is 0 Å². The van der Waals surface area contributed by atoms with E-state index in [9.17, 15) is 9.18 Å². The van der Waals surface area contributed by atoms with Crippen molar-refractivity contribution < 1.29 is 9.18 Å². The molecule has 3 aromatic rings. The fourth-order valence-electron chi connectivity index (χ4n) is 3.43. The van der Waals surface area contributed by atoms with Crippen molar-refractivity contribution in [1.29, 1.82) is 0 Å². The average Bonchev–Trinajstić information content (AvgIpc) is 2.67. The number of carbonyl (C=O) groups is 1. The Morgan fingerprint density at radius 2 is 1.77 bits per heavy atom. The van der Waals surface area contributed by atoms with Crippen molar-refractivity contribution in [2.75, 3.05) is 36.0 Å². The third-order valence-electron chi connectivity index (χ3n) is 4.82. The number of carbonyl (C=O) groups excluding carboxylic acids is 1. The number of fused-ring (bicyclic) bond motifs is 1. The third kappa shape index (κ3) is 3.06. The van der Waals surface area contributed by atoms with Crippen LogP contribution >= 0.6 is 0 Å². The Balaban J connectivity index is 1.59. The predicted octanol–water partition coefficient (Wildman–Crippen LogP) is 2.80. The van der Waals surface area contributed by atoms with E-state index in [2.05, 4.69) is 14.8 Å². The van der Waals surface area contributed by atoms with Gasteiger partial charge in [0, 0.05) is 54.4 Å². The van der Waals surface area contributed by atoms with E-state index in [0.29, 0.717) is 5.56 Å². The van der Waals surface area contributed by atoms with Gasteiger partial charge in [-0.1, -0.05) is 12.1 Å². The molecular formula is C20H19FN4O. The molecule has 1 amide bonds. The number of primary amides is 1. The van der Waals surface area contributed by atoms with E-state index in [1.807, 2.05) is 24.4 Å². The average molecular weight is 350 g/mol. The van der Waals surface area contributed by atoms with Crippen LogP contribution in [0.15, 0.2) is 54.9 Å². The lowest BCUT2D eigenvalue weighted by Gasteiger charge is -2.37. The number of nitrogens with two attached hydrogens (primary N) is 1. The predicted molar refractivity (Wildman–Crippen MR) is 101 cm³/mol. The van der Waals surface area contributed by atoms with Gasteiger partial charge < -0.3 is 15.5 Å². The minimum absolute atomic E-state index is 0.220. The smallest absolute Gasteiger partial charge is 0.248 e. The molecule has 1 aliphatic heterocycles. The molecule has 0 aliphatic carbocycles. The normalized spacial score (nSPS) is 14.7. The van der Waals surface area contributed by atoms with Crippen LogP contribution in [0.5, 0.6) is 0 Å². The van der Waals surface area contributed by atoms with Crippen LogP contribution in [0.25, 0.3) is 10.8 Å². The minimum atomic E-state index is -0.439. The molecule has 6 heteroatoms. The highest BCUT2D eigenvalue weighted by atomic mass is 19.1. The SMILES string of the molecule is NC(=O)c1ccc2cncc(N3CCN(c4cccc(F)c4)CC3)c2c1. The van der Waals surface area contributed by atoms with Crippen LogP contribution in [0.4, 0.5) is 15.8 Å². The van der Waals surface area contributed by atoms with Gasteiger partial charge in [0.1, 0.15) is 5.82 Å². The first kappa shape index (κ1) is 16.3. The van der Waals surface area contributed by atoms with E-state index in [4.69, 9.17) is 5.73 Å². The second-order valence-electron chi connectivity index (χ2n) is 6.41. The Morgan fingerprint density at radius 3 is 2.50 bits per heavy atom. The lowest BCUT2D eigenvalue weighted by molar-refractivity contribution is 0.100. The van der Waals surface area contributed by atoms with Gasteiger partial charge in [0.25, 0.3) is 0 Å². The van der Waals surface area contributed by atoms with Crippen molar-refractivity contribution in [1.82, 2.24) is 4.98 Å². The third-order valence-corrected chi connectivity index (χ3v) is 4.82. The van der Waals surface area contributed by atoms with Gasteiger partial charge in [-0.3, -0.25) is 9.78 Å². The van der Waals surface area contributed by atoms with Crippen molar-refractivity contribution in [3.8, 4) is 0 Å². The summed E-state index contributed by atoms with van der Waals surface area (Å²) < 4.78 is 13.5. The number of piperazine rings is 1. The molecule has 4 rings (SSSR count). The first-order valence-electron chi connectivity index (χ1n) is 8.55. The Labute approximate surface area is 150 Å². The maximum absolute atomic E-state index is 13.5. The molecule has 0 atom stereocenters. The monoisotopic (exact) mass is 350 g/mol. The number of halogens is 1. The molecule has 2 aromatic carbocycles. The molecule has 132 valence electrons. The summed E-state index contributed by atoms with van der Waals surface area (Å²) in [5.41, 5.74) is 7.80. The number of amides is 1. The Bertz CT molecular complexity index is 967. The molecular weight excluding hydrogens is 331 g/mol. The van der Waals surface area contributed by atoms with Gasteiger partial charge in [0.05, 0.1) is 11.9 Å². The van der Waals surface area contributed by atoms with Gasteiger partial charge in [0.15, 0.2) is 0 Å². The summed E-state index contributed by atoms with van der Waals surface area (Å²) in [6.07, 6.45) is 3.61. The molecule has 0 spiro atoms. The van der Waals surface area contributed by atoms with Gasteiger partial charge in [0.2, 0.25) is 5.91 Å². The standard InChI is InChI=1S/C20H19FN4O/c21-16-2-1-3-17(11-16)24-6-8-25(9-7-24)19-13-23-12-15-5-4-14(20(22)26)10-18(15)19/h1-5,10-13H,6-9H2,(H2,22,26). The maximum Gasteiger partial charge on any atom is 0.248 e. The van der Waals surface area contributed by atoms with Crippen molar-refractivity contribution in [3.05, 3.63) is 66.2 Å². The number of anilines is 2. The quantitative estimate of drug-likeness (QED) is 0.789. The molecule has 1 aromatic heterocycles. The molecule has 0 unspecified atom stereocenters. The molecule has 2 N–H and O–H groups in total. The van der Waals surface area contributed by atoms with E-state index >= 15 is 0 Å². The van der Waals surface area contributed by atoms with Crippen LogP contribution in [-0.4, -0.2) is 37.1 Å². The van der Waals surface area contributed by atoms with Crippen LogP contribution in [0.1, 0.15) is 10.4 Å². The second kappa shape index (κ2) is 6.63. The second-order valence-corrected chi connectivity index (χ2v) is 6.41. The molecule has 1 fully saturated rings. The summed E-state index contributed by atoms with van der Waals surface area (Å²) in [4.78, 5) is 20.3. The van der Waals surface area contributed by atoms with Crippen LogP contribution in [0.3, 0.4) is 0 Å². The zero-order valence-corrected chi connectivity index (χ0v) is 14.2. The molecule has 1 saturated heterocycles. The van der Waals surface area contributed by atoms with E-state index < -0.39 is 5.91 Å². The molecule has 26 heavy (non-hydrogen) atoms. The van der Waals surface area contributed by atoms with Gasteiger partial charge >= 0.3 is 0 Å². The van der Waals surface area contributed by atoms with E-state index in [-0.39, 0.29) is 5.82 Å². The van der Waals surface area contributed by atoms with E-state index in [0.717, 1.165) is 48.3 Å². The fraction of sp³-hybridized carbons (Fsp3) is 0.200. The topological polar surface area (TPSA) is 62.5 Å². The van der Waals surface area contributed by atoms with Gasteiger partial charge in [-0.25, -0.2) is 4.39 Å². The largest absolute Gasteiger partial charge is 0.368 e. The summed E-state index contributed by atoms with van der Waals surface area (Å²) in [6.45, 7) is 3.15. The molecule has 5 nitrogen and oxygen atoms in total. The highest BCUT2D eigenvalue weighted by Gasteiger charge is 2.20. The summed E-state index contributed by atoms with van der Waals surface area (Å²) in [7, 11) is 0. The van der Waals surface area contributed by atoms with Crippen molar-refractivity contribution in [2.24, 2.45) is 5.73 Å². The molecule has 2 heterocycles. The number of benzene rings is 2. The Hall–Kier alpha value is -3.15. The first-order valence-corrected chi connectivity index (χ1v) is 8.55. The van der Waals surface area contributed by atoms with Gasteiger partial charge in [-0.2, -0.15) is 0 Å². The highest BCUT2D eigenvalue weighted by molar-refractivity contribution is 6.01. The summed E-state index contributed by atoms with van der Waals surface area (Å²) in [5.74, 6) is -0.659. The summed E-state index contributed by atoms with van der Waals surface area (Å²) >= 11 is 0. The van der Waals surface area contributed by atoms with Gasteiger partial charge in [-0.05, 0) is 30.3 Å². The Kier molecular flexibility index (Phi) is 4.16. The van der Waals surface area contributed by atoms with Crippen molar-refractivity contribution >= 4 is 28.1 Å². The minimum Gasteiger partial charge on any atom is -0.368 e. The highest BCUT2D eigenvalue weighted by Crippen LogP contribution is 2.28. The van der Waals surface area contributed by atoms with Crippen LogP contribution in [0.2, 0.25) is 0 Å². The zero-order valence-electron chi connectivity index (χ0n) is 14.2. The fourth-order valence-corrected chi connectivity index (χ4v) is 3.43. The summed E-state index contributed by atoms with van der Waals surface area (Å²) in [6, 6.07) is 12.1. The molecule has 0 bridgehead atoms. The number of hydrogen-bond acceptors (Lipinski definition) is 4. The number of rotatable bonds is 3. The van der Waals surface area contributed by atoms with Gasteiger partial charge in [-0.15, -0.1) is 0 Å². The molecule has 1 aliphatic rings. The molecule has 0 radical (unpaired) electrons. The first-order chi connectivity index (χ1) is 12.6. The number of nitrogens with zero attached hydrogens (tertiary/aromatic N) is 3. The number of pyridine rings is 1. The lowest BCUT2D eigenvalue weighted by atomic mass is 10.1. The van der Waals surface area contributed by atoms with Crippen molar-refractivity contribution in [2.45, 2.75) is 0 Å². The number of hydrogen-bond donors (Lipinski definition) is 1. The number of aromatic nitrogens is 1. The Morgan fingerprint density at radius 1 is 1.00 bits per heavy atom. The summed E-state index contributed by atoms with van der Waals surface area (Å²) in [5, 5.41) is 1.94. The van der Waals surface area contributed by atoms with E-state index in [1.165, 1.54) is 6.07 Å². The van der Waals surface area contributed by atoms with Crippen LogP contribution in [-0.2, 0) is 0 Å². The van der Waals surface area contributed by atoms with E-state index in [1.54, 1.807) is 24.4 Å². The maximum atomic E-state index is 13.5. The van der Waals surface area contributed by atoms with Crippen LogP contribution in [0, 0.1) is 5.82 Å². The lowest BCUT2D eigenvalue weighted by Crippen LogP contribution is -2.46. The molecule has 0 saturated carbocycles. The zero-order chi connectivity index (χ0) is 18.1. The van der Waals surface area contributed by atoms with Crippen LogP contribution < -0.4 is 15.5 Å².